The topological polar surface area (TPSA) is 90.4 Å². The minimum atomic E-state index is -0.545. The number of anilines is 2. The van der Waals surface area contributed by atoms with Crippen LogP contribution in [0.5, 0.6) is 5.75 Å². The lowest BCUT2D eigenvalue weighted by molar-refractivity contribution is 0.0525. The molecule has 0 saturated carbocycles. The number of carbonyl (C=O) groups is 2. The van der Waals surface area contributed by atoms with Gasteiger partial charge in [0.15, 0.2) is 11.6 Å². The molecule has 0 saturated heterocycles. The van der Waals surface area contributed by atoms with Gasteiger partial charge in [0, 0.05) is 22.5 Å². The number of hydrogen-bond acceptors (Lipinski definition) is 7. The molecule has 0 aliphatic carbocycles. The zero-order valence-corrected chi connectivity index (χ0v) is 18.7. The Morgan fingerprint density at radius 1 is 1.22 bits per heavy atom. The van der Waals surface area contributed by atoms with E-state index in [4.69, 9.17) is 21.1 Å². The lowest BCUT2D eigenvalue weighted by atomic mass is 9.93. The van der Waals surface area contributed by atoms with Crippen LogP contribution in [0.15, 0.2) is 48.7 Å². The molecule has 0 amide bonds. The number of nitrogens with one attached hydrogen (secondary N) is 1. The Morgan fingerprint density at radius 3 is 2.69 bits per heavy atom. The van der Waals surface area contributed by atoms with Gasteiger partial charge in [0.25, 0.3) is 0 Å². The van der Waals surface area contributed by atoms with Gasteiger partial charge >= 0.3 is 5.97 Å². The van der Waals surface area contributed by atoms with Gasteiger partial charge in [0.2, 0.25) is 0 Å². The number of hydrogen-bond donors (Lipinski definition) is 1. The van der Waals surface area contributed by atoms with Gasteiger partial charge in [0.05, 0.1) is 18.6 Å². The molecule has 0 unspecified atom stereocenters. The SMILES string of the molecule is CCOC(=O)c1cnc(-c2ccc(Cl)cc2)nc1Nc1ccc2c(c1)C(=O)CC(C)(C)O2. The summed E-state index contributed by atoms with van der Waals surface area (Å²) in [6, 6.07) is 12.3. The van der Waals surface area contributed by atoms with Gasteiger partial charge in [-0.2, -0.15) is 0 Å². The fourth-order valence-corrected chi connectivity index (χ4v) is 3.57. The number of nitrogens with zero attached hydrogens (tertiary/aromatic N) is 2. The Labute approximate surface area is 190 Å². The largest absolute Gasteiger partial charge is 0.487 e. The molecule has 0 atom stereocenters. The number of ketones is 1. The van der Waals surface area contributed by atoms with E-state index >= 15 is 0 Å². The maximum atomic E-state index is 12.6. The van der Waals surface area contributed by atoms with Gasteiger partial charge in [-0.05, 0) is 63.2 Å². The van der Waals surface area contributed by atoms with Gasteiger partial charge in [-0.15, -0.1) is 0 Å². The third kappa shape index (κ3) is 4.57. The number of rotatable bonds is 5. The average Bonchev–Trinajstić information content (AvgIpc) is 2.74. The summed E-state index contributed by atoms with van der Waals surface area (Å²) in [5, 5.41) is 3.74. The van der Waals surface area contributed by atoms with Crippen LogP contribution in [0, 0.1) is 0 Å². The first-order valence-electron chi connectivity index (χ1n) is 10.2. The minimum absolute atomic E-state index is 0.00458. The fourth-order valence-electron chi connectivity index (χ4n) is 3.44. The van der Waals surface area contributed by atoms with Gasteiger partial charge in [-0.3, -0.25) is 4.79 Å². The molecule has 7 nitrogen and oxygen atoms in total. The van der Waals surface area contributed by atoms with E-state index in [9.17, 15) is 9.59 Å². The van der Waals surface area contributed by atoms with E-state index in [1.54, 1.807) is 49.4 Å². The highest BCUT2D eigenvalue weighted by atomic mass is 35.5. The van der Waals surface area contributed by atoms with Crippen LogP contribution in [-0.2, 0) is 4.74 Å². The normalized spacial score (nSPS) is 14.3. The number of Topliss-reactive ketones (excluding diaryl/α,β-unsaturated/α-hetero) is 1. The van der Waals surface area contributed by atoms with Gasteiger partial charge in [0.1, 0.15) is 22.7 Å². The van der Waals surface area contributed by atoms with E-state index in [1.165, 1.54) is 6.20 Å². The molecule has 4 rings (SSSR count). The summed E-state index contributed by atoms with van der Waals surface area (Å²) in [6.45, 7) is 5.71. The van der Waals surface area contributed by atoms with Crippen molar-refractivity contribution >= 4 is 34.9 Å². The summed E-state index contributed by atoms with van der Waals surface area (Å²) in [5.41, 5.74) is 1.46. The number of aromatic nitrogens is 2. The predicted molar refractivity (Wildman–Crippen MR) is 122 cm³/mol. The van der Waals surface area contributed by atoms with Crippen molar-refractivity contribution < 1.29 is 19.1 Å². The second-order valence-corrected chi connectivity index (χ2v) is 8.42. The molecule has 0 bridgehead atoms. The molecule has 8 heteroatoms. The summed E-state index contributed by atoms with van der Waals surface area (Å²) < 4.78 is 11.1. The van der Waals surface area contributed by atoms with Gasteiger partial charge in [-0.1, -0.05) is 11.6 Å². The van der Waals surface area contributed by atoms with Crippen LogP contribution in [0.25, 0.3) is 11.4 Å². The Hall–Kier alpha value is -3.45. The number of halogens is 1. The summed E-state index contributed by atoms with van der Waals surface area (Å²) in [5.74, 6) is 0.669. The standard InChI is InChI=1S/C24H22ClN3O4/c1-4-31-23(30)18-13-26-21(14-5-7-15(25)8-6-14)28-22(18)27-16-9-10-20-17(11-16)19(29)12-24(2,3)32-20/h5-11,13H,4,12H2,1-3H3,(H,26,27,28). The van der Waals surface area contributed by atoms with Crippen molar-refractivity contribution in [1.82, 2.24) is 9.97 Å². The Kier molecular flexibility index (Phi) is 5.84. The Balaban J connectivity index is 1.72. The van der Waals surface area contributed by atoms with Crippen LogP contribution in [0.4, 0.5) is 11.5 Å². The summed E-state index contributed by atoms with van der Waals surface area (Å²) in [4.78, 5) is 33.9. The third-order valence-corrected chi connectivity index (χ3v) is 5.15. The van der Waals surface area contributed by atoms with Crippen LogP contribution in [0.1, 0.15) is 47.9 Å². The number of esters is 1. The van der Waals surface area contributed by atoms with Crippen LogP contribution in [-0.4, -0.2) is 33.9 Å². The molecule has 1 aliphatic heterocycles. The molecule has 164 valence electrons. The summed E-state index contributed by atoms with van der Waals surface area (Å²) in [6.07, 6.45) is 1.71. The highest BCUT2D eigenvalue weighted by Crippen LogP contribution is 2.35. The third-order valence-electron chi connectivity index (χ3n) is 4.90. The van der Waals surface area contributed by atoms with E-state index in [2.05, 4.69) is 15.3 Å². The number of carbonyl (C=O) groups excluding carboxylic acids is 2. The van der Waals surface area contributed by atoms with Crippen molar-refractivity contribution in [3.8, 4) is 17.1 Å². The second-order valence-electron chi connectivity index (χ2n) is 7.98. The molecule has 2 heterocycles. The van der Waals surface area contributed by atoms with Crippen molar-refractivity contribution in [1.29, 1.82) is 0 Å². The van der Waals surface area contributed by atoms with Crippen LogP contribution in [0.2, 0.25) is 5.02 Å². The zero-order chi connectivity index (χ0) is 22.9. The average molecular weight is 452 g/mol. The fraction of sp³-hybridized carbons (Fsp3) is 0.250. The maximum absolute atomic E-state index is 12.6. The van der Waals surface area contributed by atoms with Gasteiger partial charge in [-0.25, -0.2) is 14.8 Å². The van der Waals surface area contributed by atoms with Crippen LogP contribution >= 0.6 is 11.6 Å². The van der Waals surface area contributed by atoms with Crippen LogP contribution < -0.4 is 10.1 Å². The molecular weight excluding hydrogens is 430 g/mol. The molecule has 32 heavy (non-hydrogen) atoms. The van der Waals surface area contributed by atoms with E-state index < -0.39 is 11.6 Å². The maximum Gasteiger partial charge on any atom is 0.343 e. The molecule has 1 aromatic heterocycles. The lowest BCUT2D eigenvalue weighted by Crippen LogP contribution is -2.35. The van der Waals surface area contributed by atoms with Crippen molar-refractivity contribution in [2.24, 2.45) is 0 Å². The molecule has 1 N–H and O–H groups in total. The highest BCUT2D eigenvalue weighted by Gasteiger charge is 2.32. The first-order valence-corrected chi connectivity index (χ1v) is 10.6. The van der Waals surface area contributed by atoms with Crippen molar-refractivity contribution in [3.63, 3.8) is 0 Å². The van der Waals surface area contributed by atoms with E-state index in [1.807, 2.05) is 13.8 Å². The monoisotopic (exact) mass is 451 g/mol. The van der Waals surface area contributed by atoms with Crippen molar-refractivity contribution in [3.05, 3.63) is 64.8 Å². The summed E-state index contributed by atoms with van der Waals surface area (Å²) >= 11 is 5.97. The second kappa shape index (κ2) is 8.59. The molecule has 2 aromatic carbocycles. The smallest absolute Gasteiger partial charge is 0.343 e. The molecule has 0 fully saturated rings. The summed E-state index contributed by atoms with van der Waals surface area (Å²) in [7, 11) is 0. The van der Waals surface area contributed by atoms with E-state index in [0.717, 1.165) is 5.56 Å². The molecule has 0 spiro atoms. The molecule has 0 radical (unpaired) electrons. The molecular formula is C24H22ClN3O4. The quantitative estimate of drug-likeness (QED) is 0.515. The van der Waals surface area contributed by atoms with Crippen LogP contribution in [0.3, 0.4) is 0 Å². The molecule has 1 aliphatic rings. The van der Waals surface area contributed by atoms with Gasteiger partial charge < -0.3 is 14.8 Å². The Bertz CT molecular complexity index is 1190. The van der Waals surface area contributed by atoms with E-state index in [-0.39, 0.29) is 30.2 Å². The first-order chi connectivity index (χ1) is 15.3. The predicted octanol–water partition coefficient (Wildman–Crippen LogP) is 5.46. The number of benzene rings is 2. The highest BCUT2D eigenvalue weighted by molar-refractivity contribution is 6.30. The van der Waals surface area contributed by atoms with Crippen molar-refractivity contribution in [2.45, 2.75) is 32.8 Å². The van der Waals surface area contributed by atoms with Crippen molar-refractivity contribution in [2.75, 3.05) is 11.9 Å². The molecule has 3 aromatic rings. The number of ether oxygens (including phenoxy) is 2. The van der Waals surface area contributed by atoms with E-state index in [0.29, 0.717) is 27.8 Å². The minimum Gasteiger partial charge on any atom is -0.487 e. The first kappa shape index (κ1) is 21.8. The zero-order valence-electron chi connectivity index (χ0n) is 17.9. The Morgan fingerprint density at radius 2 is 1.97 bits per heavy atom. The number of fused-ring (bicyclic) bond motifs is 1. The lowest BCUT2D eigenvalue weighted by Gasteiger charge is -2.31.